The first kappa shape index (κ1) is 15.8. The lowest BCUT2D eigenvalue weighted by molar-refractivity contribution is 0.00475. The molecule has 1 aromatic carbocycles. The molecule has 5 nitrogen and oxygen atoms in total. The average Bonchev–Trinajstić information content (AvgIpc) is 2.56. The maximum absolute atomic E-state index is 11.0. The molecule has 0 aromatic heterocycles. The van der Waals surface area contributed by atoms with Gasteiger partial charge in [0, 0.05) is 19.0 Å². The molecule has 0 radical (unpaired) electrons. The molecule has 0 bridgehead atoms. The van der Waals surface area contributed by atoms with E-state index in [4.69, 9.17) is 4.74 Å². The summed E-state index contributed by atoms with van der Waals surface area (Å²) < 4.78 is 10.6. The minimum absolute atomic E-state index is 0.0680. The zero-order valence-corrected chi connectivity index (χ0v) is 12.5. The predicted octanol–water partition coefficient (Wildman–Crippen LogP) is 2.10. The molecule has 5 heteroatoms. The van der Waals surface area contributed by atoms with E-state index in [1.54, 1.807) is 0 Å². The number of benzene rings is 1. The highest BCUT2D eigenvalue weighted by Gasteiger charge is 2.25. The van der Waals surface area contributed by atoms with Gasteiger partial charge in [0.05, 0.1) is 19.8 Å². The highest BCUT2D eigenvalue weighted by atomic mass is 16.5. The van der Waals surface area contributed by atoms with Gasteiger partial charge in [0.2, 0.25) is 0 Å². The van der Waals surface area contributed by atoms with Gasteiger partial charge < -0.3 is 20.1 Å². The summed E-state index contributed by atoms with van der Waals surface area (Å²) in [7, 11) is 1.36. The van der Waals surface area contributed by atoms with Gasteiger partial charge >= 0.3 is 6.09 Å². The summed E-state index contributed by atoms with van der Waals surface area (Å²) in [5.41, 5.74) is 1.20. The second-order valence-corrected chi connectivity index (χ2v) is 5.23. The van der Waals surface area contributed by atoms with Crippen molar-refractivity contribution in [3.05, 3.63) is 35.9 Å². The Labute approximate surface area is 126 Å². The molecule has 2 atom stereocenters. The normalized spacial score (nSPS) is 19.8. The molecular weight excluding hydrogens is 268 g/mol. The number of hydrogen-bond donors (Lipinski definition) is 2. The van der Waals surface area contributed by atoms with E-state index in [2.05, 4.69) is 27.5 Å². The monoisotopic (exact) mass is 292 g/mol. The molecule has 2 rings (SSSR count). The third-order valence-corrected chi connectivity index (χ3v) is 3.75. The van der Waals surface area contributed by atoms with Gasteiger partial charge in [-0.25, -0.2) is 4.79 Å². The standard InChI is InChI=1S/C16H24N2O3/c1-20-16(19)18-10-11-21-15(13-6-3-2-4-7-13)14-8-5-9-17-12-14/h2-4,6-7,14-15,17H,5,8-12H2,1H3,(H,18,19)/t14-,15+/m1/s1. The number of piperidine rings is 1. The van der Waals surface area contributed by atoms with E-state index in [1.807, 2.05) is 18.2 Å². The van der Waals surface area contributed by atoms with Crippen molar-refractivity contribution in [2.75, 3.05) is 33.4 Å². The number of methoxy groups -OCH3 is 1. The number of carbonyl (C=O) groups excluding carboxylic acids is 1. The van der Waals surface area contributed by atoms with Crippen LogP contribution in [0.5, 0.6) is 0 Å². The first-order chi connectivity index (χ1) is 10.3. The van der Waals surface area contributed by atoms with Gasteiger partial charge in [-0.1, -0.05) is 30.3 Å². The Morgan fingerprint density at radius 1 is 1.43 bits per heavy atom. The van der Waals surface area contributed by atoms with Crippen LogP contribution in [0.25, 0.3) is 0 Å². The van der Waals surface area contributed by atoms with Crippen molar-refractivity contribution in [2.45, 2.75) is 18.9 Å². The van der Waals surface area contributed by atoms with Gasteiger partial charge in [-0.15, -0.1) is 0 Å². The number of ether oxygens (including phenoxy) is 2. The number of amides is 1. The van der Waals surface area contributed by atoms with Crippen LogP contribution in [0.1, 0.15) is 24.5 Å². The fourth-order valence-electron chi connectivity index (χ4n) is 2.70. The van der Waals surface area contributed by atoms with Crippen LogP contribution in [-0.2, 0) is 9.47 Å². The second-order valence-electron chi connectivity index (χ2n) is 5.23. The van der Waals surface area contributed by atoms with Crippen LogP contribution in [0, 0.1) is 5.92 Å². The zero-order chi connectivity index (χ0) is 14.9. The quantitative estimate of drug-likeness (QED) is 0.788. The first-order valence-corrected chi connectivity index (χ1v) is 7.50. The van der Waals surface area contributed by atoms with Crippen molar-refractivity contribution in [1.82, 2.24) is 10.6 Å². The van der Waals surface area contributed by atoms with E-state index >= 15 is 0 Å². The van der Waals surface area contributed by atoms with Crippen LogP contribution >= 0.6 is 0 Å². The molecule has 1 aliphatic heterocycles. The fourth-order valence-corrected chi connectivity index (χ4v) is 2.70. The Balaban J connectivity index is 1.91. The summed E-state index contributed by atoms with van der Waals surface area (Å²) in [6, 6.07) is 10.3. The van der Waals surface area contributed by atoms with Crippen molar-refractivity contribution in [1.29, 1.82) is 0 Å². The lowest BCUT2D eigenvalue weighted by Gasteiger charge is -2.31. The van der Waals surface area contributed by atoms with E-state index in [1.165, 1.54) is 19.1 Å². The number of alkyl carbamates (subject to hydrolysis) is 1. The van der Waals surface area contributed by atoms with Gasteiger partial charge in [0.15, 0.2) is 0 Å². The first-order valence-electron chi connectivity index (χ1n) is 7.50. The summed E-state index contributed by atoms with van der Waals surface area (Å²) in [6.07, 6.45) is 1.99. The smallest absolute Gasteiger partial charge is 0.406 e. The van der Waals surface area contributed by atoms with Gasteiger partial charge in [-0.05, 0) is 24.9 Å². The third kappa shape index (κ3) is 5.02. The zero-order valence-electron chi connectivity index (χ0n) is 12.5. The molecule has 1 fully saturated rings. The van der Waals surface area contributed by atoms with Crippen LogP contribution in [0.4, 0.5) is 4.79 Å². The number of hydrogen-bond acceptors (Lipinski definition) is 4. The minimum atomic E-state index is -0.422. The van der Waals surface area contributed by atoms with Gasteiger partial charge in [0.25, 0.3) is 0 Å². The van der Waals surface area contributed by atoms with Gasteiger partial charge in [0.1, 0.15) is 0 Å². The van der Waals surface area contributed by atoms with Crippen LogP contribution < -0.4 is 10.6 Å². The van der Waals surface area contributed by atoms with Crippen LogP contribution in [-0.4, -0.2) is 39.4 Å². The van der Waals surface area contributed by atoms with Crippen molar-refractivity contribution in [3.8, 4) is 0 Å². The minimum Gasteiger partial charge on any atom is -0.453 e. The molecule has 1 saturated heterocycles. The molecule has 0 aliphatic carbocycles. The largest absolute Gasteiger partial charge is 0.453 e. The molecular formula is C16H24N2O3. The average molecular weight is 292 g/mol. The molecule has 1 amide bonds. The fraction of sp³-hybridized carbons (Fsp3) is 0.562. The molecule has 1 aromatic rings. The third-order valence-electron chi connectivity index (χ3n) is 3.75. The Kier molecular flexibility index (Phi) is 6.50. The van der Waals surface area contributed by atoms with Crippen molar-refractivity contribution in [2.24, 2.45) is 5.92 Å². The van der Waals surface area contributed by atoms with E-state index in [0.29, 0.717) is 19.1 Å². The molecule has 0 spiro atoms. The van der Waals surface area contributed by atoms with E-state index in [0.717, 1.165) is 19.5 Å². The van der Waals surface area contributed by atoms with E-state index < -0.39 is 6.09 Å². The summed E-state index contributed by atoms with van der Waals surface area (Å²) in [6.45, 7) is 2.99. The molecule has 1 heterocycles. The Morgan fingerprint density at radius 3 is 2.90 bits per heavy atom. The van der Waals surface area contributed by atoms with Crippen LogP contribution in [0.15, 0.2) is 30.3 Å². The highest BCUT2D eigenvalue weighted by Crippen LogP contribution is 2.30. The Bertz CT molecular complexity index is 419. The number of rotatable bonds is 6. The van der Waals surface area contributed by atoms with Gasteiger partial charge in [-0.2, -0.15) is 0 Å². The van der Waals surface area contributed by atoms with Crippen molar-refractivity contribution < 1.29 is 14.3 Å². The van der Waals surface area contributed by atoms with Gasteiger partial charge in [-0.3, -0.25) is 0 Å². The number of carbonyl (C=O) groups is 1. The summed E-state index contributed by atoms with van der Waals surface area (Å²) in [4.78, 5) is 11.0. The summed E-state index contributed by atoms with van der Waals surface area (Å²) in [5, 5.41) is 6.07. The summed E-state index contributed by atoms with van der Waals surface area (Å²) in [5.74, 6) is 0.472. The SMILES string of the molecule is COC(=O)NCCO[C@@H](c1ccccc1)[C@@H]1CCCNC1. The highest BCUT2D eigenvalue weighted by molar-refractivity contribution is 5.66. The molecule has 116 valence electrons. The maximum atomic E-state index is 11.0. The van der Waals surface area contributed by atoms with Crippen molar-refractivity contribution in [3.63, 3.8) is 0 Å². The molecule has 1 aliphatic rings. The molecule has 0 unspecified atom stereocenters. The molecule has 2 N–H and O–H groups in total. The Morgan fingerprint density at radius 2 is 2.24 bits per heavy atom. The number of nitrogens with one attached hydrogen (secondary N) is 2. The van der Waals surface area contributed by atoms with E-state index in [-0.39, 0.29) is 6.10 Å². The second kappa shape index (κ2) is 8.64. The molecule has 21 heavy (non-hydrogen) atoms. The van der Waals surface area contributed by atoms with Crippen LogP contribution in [0.2, 0.25) is 0 Å². The lowest BCUT2D eigenvalue weighted by Crippen LogP contribution is -2.35. The van der Waals surface area contributed by atoms with Crippen LogP contribution in [0.3, 0.4) is 0 Å². The maximum Gasteiger partial charge on any atom is 0.406 e. The Hall–Kier alpha value is -1.59. The predicted molar refractivity (Wildman–Crippen MR) is 81.1 cm³/mol. The summed E-state index contributed by atoms with van der Waals surface area (Å²) >= 11 is 0. The van der Waals surface area contributed by atoms with Crippen molar-refractivity contribution >= 4 is 6.09 Å². The van der Waals surface area contributed by atoms with E-state index in [9.17, 15) is 4.79 Å². The topological polar surface area (TPSA) is 59.6 Å². The lowest BCUT2D eigenvalue weighted by atomic mass is 9.89. The molecule has 0 saturated carbocycles.